The zero-order valence-electron chi connectivity index (χ0n) is 18.0. The van der Waals surface area contributed by atoms with Crippen molar-refractivity contribution in [2.45, 2.75) is 64.2 Å². The van der Waals surface area contributed by atoms with E-state index in [4.69, 9.17) is 18.9 Å². The van der Waals surface area contributed by atoms with Crippen molar-refractivity contribution in [2.75, 3.05) is 14.2 Å². The lowest BCUT2D eigenvalue weighted by Crippen LogP contribution is -2.50. The lowest BCUT2D eigenvalue weighted by atomic mass is 9.49. The van der Waals surface area contributed by atoms with Gasteiger partial charge in [-0.25, -0.2) is 0 Å². The van der Waals surface area contributed by atoms with Gasteiger partial charge >= 0.3 is 10.3 Å². The van der Waals surface area contributed by atoms with E-state index < -0.39 is 10.3 Å². The molecule has 0 aromatic heterocycles. The number of ether oxygens (including phenoxy) is 1. The zero-order chi connectivity index (χ0) is 21.5. The van der Waals surface area contributed by atoms with Crippen molar-refractivity contribution in [3.63, 3.8) is 0 Å². The largest absolute Gasteiger partial charge is 0.493 e. The molecule has 4 atom stereocenters. The monoisotopic (exact) mass is 436 g/mol. The topological polar surface area (TPSA) is 100 Å². The van der Waals surface area contributed by atoms with Gasteiger partial charge in [0.1, 0.15) is 7.11 Å². The number of nitrogens with two attached hydrogens (primary N) is 1. The fourth-order valence-corrected chi connectivity index (χ4v) is 7.00. The molecule has 0 amide bonds. The number of hydrogen-bond donors (Lipinski definition) is 1. The van der Waals surface area contributed by atoms with Crippen LogP contribution < -0.4 is 14.1 Å². The lowest BCUT2D eigenvalue weighted by molar-refractivity contribution is 0.0428. The summed E-state index contributed by atoms with van der Waals surface area (Å²) < 4.78 is 33.3. The smallest absolute Gasteiger partial charge is 0.380 e. The molecule has 0 saturated heterocycles. The molecular weight excluding hydrogens is 404 g/mol. The fourth-order valence-electron chi connectivity index (χ4n) is 6.62. The third-order valence-electron chi connectivity index (χ3n) is 7.76. The van der Waals surface area contributed by atoms with Gasteiger partial charge in [0.05, 0.1) is 12.8 Å². The Kier molecular flexibility index (Phi) is 5.74. The molecule has 3 aliphatic rings. The van der Waals surface area contributed by atoms with E-state index in [9.17, 15) is 8.42 Å². The van der Waals surface area contributed by atoms with Crippen molar-refractivity contribution < 1.29 is 22.2 Å². The number of aryl methyl sites for hydroxylation is 1. The van der Waals surface area contributed by atoms with Crippen LogP contribution in [0, 0.1) is 17.3 Å². The second kappa shape index (κ2) is 8.04. The van der Waals surface area contributed by atoms with Gasteiger partial charge in [-0.15, -0.1) is 0 Å². The Hall–Kier alpha value is -1.80. The molecule has 0 radical (unpaired) electrons. The van der Waals surface area contributed by atoms with Gasteiger partial charge in [0.2, 0.25) is 0 Å². The van der Waals surface area contributed by atoms with Crippen LogP contribution in [-0.4, -0.2) is 28.3 Å². The molecule has 3 aliphatic carbocycles. The first kappa shape index (κ1) is 21.4. The molecule has 8 heteroatoms. The molecule has 2 saturated carbocycles. The molecule has 0 heterocycles. The number of hydrogen-bond acceptors (Lipinski definition) is 6. The normalized spacial score (nSPS) is 32.0. The van der Waals surface area contributed by atoms with Crippen LogP contribution in [0.25, 0.3) is 0 Å². The molecular formula is C22H32N2O5S. The van der Waals surface area contributed by atoms with Gasteiger partial charge in [0.15, 0.2) is 11.5 Å². The Morgan fingerprint density at radius 3 is 2.63 bits per heavy atom. The molecule has 2 N–H and O–H groups in total. The van der Waals surface area contributed by atoms with E-state index >= 15 is 0 Å². The van der Waals surface area contributed by atoms with Gasteiger partial charge in [0.25, 0.3) is 0 Å². The Balaban J connectivity index is 1.71. The molecule has 0 bridgehead atoms. The van der Waals surface area contributed by atoms with E-state index in [-0.39, 0.29) is 11.2 Å². The SMILES string of the molecule is CC[C@]12CC[C@@H]3c4cc(OC)c(OS(N)(=O)=O)cc4CC[C@H]3[C@@H]1CCC/C2=N\OC. The fraction of sp³-hybridized carbons (Fsp3) is 0.682. The summed E-state index contributed by atoms with van der Waals surface area (Å²) in [6, 6.07) is 3.77. The minimum atomic E-state index is -4.10. The Bertz CT molecular complexity index is 945. The molecule has 1 aromatic rings. The summed E-state index contributed by atoms with van der Waals surface area (Å²) in [5.74, 6) is 2.22. The highest BCUT2D eigenvalue weighted by Crippen LogP contribution is 2.60. The zero-order valence-corrected chi connectivity index (χ0v) is 18.8. The van der Waals surface area contributed by atoms with E-state index in [0.29, 0.717) is 23.5 Å². The molecule has 1 aromatic carbocycles. The highest BCUT2D eigenvalue weighted by atomic mass is 32.2. The van der Waals surface area contributed by atoms with Crippen molar-refractivity contribution >= 4 is 16.0 Å². The number of methoxy groups -OCH3 is 1. The summed E-state index contributed by atoms with van der Waals surface area (Å²) in [6.45, 7) is 2.29. The molecule has 166 valence electrons. The second-order valence-corrected chi connectivity index (χ2v) is 10.0. The van der Waals surface area contributed by atoms with Crippen molar-refractivity contribution in [1.29, 1.82) is 0 Å². The second-order valence-electron chi connectivity index (χ2n) is 8.85. The van der Waals surface area contributed by atoms with E-state index in [1.165, 1.54) is 24.8 Å². The Morgan fingerprint density at radius 2 is 1.97 bits per heavy atom. The van der Waals surface area contributed by atoms with E-state index in [2.05, 4.69) is 12.1 Å². The summed E-state index contributed by atoms with van der Waals surface area (Å²) in [5.41, 5.74) is 3.81. The summed E-state index contributed by atoms with van der Waals surface area (Å²) in [6.07, 6.45) is 8.71. The number of benzene rings is 1. The molecule has 0 unspecified atom stereocenters. The molecule has 30 heavy (non-hydrogen) atoms. The molecule has 7 nitrogen and oxygen atoms in total. The van der Waals surface area contributed by atoms with Crippen molar-refractivity contribution in [3.8, 4) is 11.5 Å². The minimum Gasteiger partial charge on any atom is -0.493 e. The van der Waals surface area contributed by atoms with Crippen LogP contribution in [-0.2, 0) is 21.6 Å². The summed E-state index contributed by atoms with van der Waals surface area (Å²) >= 11 is 0. The van der Waals surface area contributed by atoms with Crippen LogP contribution in [0.5, 0.6) is 11.5 Å². The summed E-state index contributed by atoms with van der Waals surface area (Å²) in [5, 5.41) is 9.56. The van der Waals surface area contributed by atoms with Crippen LogP contribution >= 0.6 is 0 Å². The van der Waals surface area contributed by atoms with E-state index in [0.717, 1.165) is 50.5 Å². The molecule has 2 fully saturated rings. The van der Waals surface area contributed by atoms with E-state index in [1.54, 1.807) is 13.2 Å². The Labute approximate surface area is 179 Å². The highest BCUT2D eigenvalue weighted by Gasteiger charge is 2.53. The van der Waals surface area contributed by atoms with Crippen LogP contribution in [0.3, 0.4) is 0 Å². The molecule has 0 aliphatic heterocycles. The number of rotatable bonds is 5. The quantitative estimate of drug-likeness (QED) is 0.705. The number of nitrogens with zero attached hydrogens (tertiary/aromatic N) is 1. The van der Waals surface area contributed by atoms with Crippen LogP contribution in [0.2, 0.25) is 0 Å². The first-order valence-corrected chi connectivity index (χ1v) is 12.3. The third-order valence-corrected chi connectivity index (χ3v) is 8.17. The van der Waals surface area contributed by atoms with Gasteiger partial charge in [-0.05, 0) is 92.4 Å². The lowest BCUT2D eigenvalue weighted by Gasteiger charge is -2.55. The first-order valence-electron chi connectivity index (χ1n) is 10.9. The molecule has 0 spiro atoms. The molecule has 4 rings (SSSR count). The number of oxime groups is 1. The van der Waals surface area contributed by atoms with E-state index in [1.807, 2.05) is 6.07 Å². The summed E-state index contributed by atoms with van der Waals surface area (Å²) in [7, 11) is -0.931. The third kappa shape index (κ3) is 3.58. The van der Waals surface area contributed by atoms with Crippen molar-refractivity contribution in [2.24, 2.45) is 27.5 Å². The van der Waals surface area contributed by atoms with Gasteiger partial charge in [-0.2, -0.15) is 13.6 Å². The van der Waals surface area contributed by atoms with Gasteiger partial charge < -0.3 is 13.8 Å². The van der Waals surface area contributed by atoms with Gasteiger partial charge in [-0.1, -0.05) is 12.1 Å². The van der Waals surface area contributed by atoms with Crippen molar-refractivity contribution in [1.82, 2.24) is 0 Å². The van der Waals surface area contributed by atoms with Gasteiger partial charge in [0, 0.05) is 5.41 Å². The van der Waals surface area contributed by atoms with Crippen molar-refractivity contribution in [3.05, 3.63) is 23.3 Å². The average Bonchev–Trinajstić information content (AvgIpc) is 2.72. The standard InChI is InChI=1S/C22H32N2O5S/c1-4-22-11-10-15-16(18(22)6-5-7-21(22)24-28-3)9-8-14-12-20(29-30(23,25)26)19(27-2)13-17(14)15/h12-13,15-16,18H,4-11H2,1-3H3,(H2,23,25,26)/b24-21+/t15-,16+,18-,22-/m0/s1. The highest BCUT2D eigenvalue weighted by molar-refractivity contribution is 7.84. The maximum absolute atomic E-state index is 11.5. The van der Waals surface area contributed by atoms with Crippen LogP contribution in [0.1, 0.15) is 68.9 Å². The maximum atomic E-state index is 11.5. The number of fused-ring (bicyclic) bond motifs is 5. The minimum absolute atomic E-state index is 0.147. The Morgan fingerprint density at radius 1 is 1.17 bits per heavy atom. The summed E-state index contributed by atoms with van der Waals surface area (Å²) in [4.78, 5) is 5.23. The first-order chi connectivity index (χ1) is 14.3. The average molecular weight is 437 g/mol. The van der Waals surface area contributed by atoms with Gasteiger partial charge in [-0.3, -0.25) is 0 Å². The predicted molar refractivity (Wildman–Crippen MR) is 115 cm³/mol. The maximum Gasteiger partial charge on any atom is 0.380 e. The predicted octanol–water partition coefficient (Wildman–Crippen LogP) is 3.92. The van der Waals surface area contributed by atoms with Crippen LogP contribution in [0.15, 0.2) is 17.3 Å². The van der Waals surface area contributed by atoms with Crippen LogP contribution in [0.4, 0.5) is 0 Å².